The lowest BCUT2D eigenvalue weighted by atomic mass is 9.98. The SMILES string of the molecule is CCNC(=O)NCc1ccccc1-c1ccc(CN2Cc3ccccc3C[C@@H](NC(=O)C(C)(C)N)C2=O)cc1. The Bertz CT molecular complexity index is 1330. The van der Waals surface area contributed by atoms with Gasteiger partial charge < -0.3 is 26.6 Å². The van der Waals surface area contributed by atoms with Crippen LogP contribution in [0.4, 0.5) is 4.79 Å². The fourth-order valence-corrected chi connectivity index (χ4v) is 4.68. The Labute approximate surface area is 230 Å². The number of nitrogens with two attached hydrogens (primary N) is 1. The van der Waals surface area contributed by atoms with Gasteiger partial charge in [0.05, 0.1) is 5.54 Å². The maximum Gasteiger partial charge on any atom is 0.315 e. The molecule has 0 spiro atoms. The molecular weight excluding hydrogens is 490 g/mol. The van der Waals surface area contributed by atoms with Gasteiger partial charge in [0.25, 0.3) is 0 Å². The number of benzene rings is 3. The molecular formula is C31H37N5O3. The highest BCUT2D eigenvalue weighted by molar-refractivity contribution is 5.92. The van der Waals surface area contributed by atoms with Crippen LogP contribution in [-0.2, 0) is 35.6 Å². The minimum atomic E-state index is -1.08. The number of carbonyl (C=O) groups is 3. The monoisotopic (exact) mass is 527 g/mol. The van der Waals surface area contributed by atoms with Gasteiger partial charge in [-0.05, 0) is 54.2 Å². The standard InChI is InChI=1S/C31H37N5O3/c1-4-33-30(39)34-18-24-10-7-8-12-26(24)22-15-13-21(14-16-22)19-36-20-25-11-6-5-9-23(25)17-27(28(36)37)35-29(38)31(2,3)32/h5-16,27H,4,17-20,32H2,1-3H3,(H,35,38)(H2,33,34,39)/t27-/m1/s1. The first-order valence-corrected chi connectivity index (χ1v) is 13.3. The molecule has 4 rings (SSSR count). The average molecular weight is 528 g/mol. The van der Waals surface area contributed by atoms with Crippen LogP contribution in [0.15, 0.2) is 72.8 Å². The van der Waals surface area contributed by atoms with Crippen LogP contribution < -0.4 is 21.7 Å². The van der Waals surface area contributed by atoms with Crippen molar-refractivity contribution in [2.45, 2.75) is 58.4 Å². The van der Waals surface area contributed by atoms with Crippen LogP contribution in [0.2, 0.25) is 0 Å². The number of nitrogens with zero attached hydrogens (tertiary/aromatic N) is 1. The zero-order chi connectivity index (χ0) is 28.0. The Morgan fingerprint density at radius 2 is 1.62 bits per heavy atom. The molecule has 39 heavy (non-hydrogen) atoms. The van der Waals surface area contributed by atoms with Gasteiger partial charge in [-0.15, -0.1) is 0 Å². The van der Waals surface area contributed by atoms with Gasteiger partial charge in [-0.25, -0.2) is 4.79 Å². The Kier molecular flexibility index (Phi) is 8.66. The number of nitrogens with one attached hydrogen (secondary N) is 3. The summed E-state index contributed by atoms with van der Waals surface area (Å²) >= 11 is 0. The van der Waals surface area contributed by atoms with E-state index in [0.717, 1.165) is 33.4 Å². The highest BCUT2D eigenvalue weighted by atomic mass is 16.2. The maximum absolute atomic E-state index is 13.6. The van der Waals surface area contributed by atoms with Gasteiger partial charge in [0.15, 0.2) is 0 Å². The first kappa shape index (κ1) is 27.9. The lowest BCUT2D eigenvalue weighted by Crippen LogP contribution is -2.56. The highest BCUT2D eigenvalue weighted by Gasteiger charge is 2.33. The van der Waals surface area contributed by atoms with E-state index in [4.69, 9.17) is 5.73 Å². The smallest absolute Gasteiger partial charge is 0.315 e. The van der Waals surface area contributed by atoms with Crippen LogP contribution in [-0.4, -0.2) is 40.9 Å². The van der Waals surface area contributed by atoms with Gasteiger partial charge in [-0.1, -0.05) is 72.8 Å². The number of urea groups is 1. The lowest BCUT2D eigenvalue weighted by molar-refractivity contribution is -0.138. The van der Waals surface area contributed by atoms with Crippen LogP contribution in [0.25, 0.3) is 11.1 Å². The summed E-state index contributed by atoms with van der Waals surface area (Å²) in [6, 6.07) is 23.1. The van der Waals surface area contributed by atoms with E-state index in [1.807, 2.05) is 79.7 Å². The van der Waals surface area contributed by atoms with Gasteiger partial charge in [-0.3, -0.25) is 9.59 Å². The molecule has 0 saturated heterocycles. The molecule has 0 fully saturated rings. The van der Waals surface area contributed by atoms with Crippen molar-refractivity contribution >= 4 is 17.8 Å². The van der Waals surface area contributed by atoms with E-state index in [1.54, 1.807) is 18.7 Å². The van der Waals surface area contributed by atoms with Crippen molar-refractivity contribution < 1.29 is 14.4 Å². The van der Waals surface area contributed by atoms with Crippen LogP contribution in [0.5, 0.6) is 0 Å². The second kappa shape index (κ2) is 12.1. The molecule has 0 aliphatic carbocycles. The third-order valence-electron chi connectivity index (χ3n) is 6.84. The average Bonchev–Trinajstić information content (AvgIpc) is 3.04. The van der Waals surface area contributed by atoms with Crippen LogP contribution >= 0.6 is 0 Å². The van der Waals surface area contributed by atoms with E-state index in [1.165, 1.54) is 0 Å². The number of hydrogen-bond acceptors (Lipinski definition) is 4. The largest absolute Gasteiger partial charge is 0.342 e. The van der Waals surface area contributed by atoms with Gasteiger partial charge in [-0.2, -0.15) is 0 Å². The Morgan fingerprint density at radius 3 is 2.31 bits per heavy atom. The normalized spacial score (nSPS) is 15.2. The molecule has 0 radical (unpaired) electrons. The molecule has 204 valence electrons. The van der Waals surface area contributed by atoms with Gasteiger partial charge >= 0.3 is 6.03 Å². The van der Waals surface area contributed by atoms with Crippen molar-refractivity contribution in [3.8, 4) is 11.1 Å². The molecule has 1 heterocycles. The van der Waals surface area contributed by atoms with Crippen LogP contribution in [0.1, 0.15) is 43.0 Å². The number of fused-ring (bicyclic) bond motifs is 1. The molecule has 4 amide bonds. The predicted molar refractivity (Wildman–Crippen MR) is 152 cm³/mol. The fourth-order valence-electron chi connectivity index (χ4n) is 4.68. The van der Waals surface area contributed by atoms with E-state index in [-0.39, 0.29) is 17.8 Å². The minimum Gasteiger partial charge on any atom is -0.342 e. The van der Waals surface area contributed by atoms with E-state index >= 15 is 0 Å². The van der Waals surface area contributed by atoms with E-state index in [0.29, 0.717) is 32.6 Å². The topological polar surface area (TPSA) is 117 Å². The summed E-state index contributed by atoms with van der Waals surface area (Å²) in [5.41, 5.74) is 11.1. The summed E-state index contributed by atoms with van der Waals surface area (Å²) in [5.74, 6) is -0.487. The molecule has 1 atom stereocenters. The van der Waals surface area contributed by atoms with Crippen molar-refractivity contribution in [1.82, 2.24) is 20.9 Å². The molecule has 1 aliphatic heterocycles. The summed E-state index contributed by atoms with van der Waals surface area (Å²) in [6.07, 6.45) is 0.424. The van der Waals surface area contributed by atoms with Gasteiger partial charge in [0, 0.05) is 32.6 Å². The van der Waals surface area contributed by atoms with Gasteiger partial charge in [0.2, 0.25) is 11.8 Å². The molecule has 0 saturated carbocycles. The fraction of sp³-hybridized carbons (Fsp3) is 0.323. The summed E-state index contributed by atoms with van der Waals surface area (Å²) in [5, 5.41) is 8.51. The Morgan fingerprint density at radius 1 is 0.949 bits per heavy atom. The third kappa shape index (κ3) is 7.03. The molecule has 0 unspecified atom stereocenters. The second-order valence-corrected chi connectivity index (χ2v) is 10.5. The maximum atomic E-state index is 13.6. The van der Waals surface area contributed by atoms with E-state index < -0.39 is 11.6 Å². The number of amides is 4. The molecule has 8 nitrogen and oxygen atoms in total. The molecule has 5 N–H and O–H groups in total. The van der Waals surface area contributed by atoms with Crippen molar-refractivity contribution in [1.29, 1.82) is 0 Å². The quantitative estimate of drug-likeness (QED) is 0.359. The van der Waals surface area contributed by atoms with E-state index in [9.17, 15) is 14.4 Å². The molecule has 3 aromatic rings. The highest BCUT2D eigenvalue weighted by Crippen LogP contribution is 2.26. The number of rotatable bonds is 8. The molecule has 1 aliphatic rings. The zero-order valence-corrected chi connectivity index (χ0v) is 22.8. The van der Waals surface area contributed by atoms with Crippen molar-refractivity contribution in [3.05, 3.63) is 95.1 Å². The van der Waals surface area contributed by atoms with Crippen LogP contribution in [0.3, 0.4) is 0 Å². The minimum absolute atomic E-state index is 0.130. The Balaban J connectivity index is 1.53. The Hall–Kier alpha value is -4.17. The van der Waals surface area contributed by atoms with Crippen molar-refractivity contribution in [3.63, 3.8) is 0 Å². The predicted octanol–water partition coefficient (Wildman–Crippen LogP) is 3.48. The molecule has 8 heteroatoms. The second-order valence-electron chi connectivity index (χ2n) is 10.5. The molecule has 0 aromatic heterocycles. The molecule has 0 bridgehead atoms. The van der Waals surface area contributed by atoms with E-state index in [2.05, 4.69) is 16.0 Å². The summed E-state index contributed by atoms with van der Waals surface area (Å²) in [7, 11) is 0. The van der Waals surface area contributed by atoms with Crippen LogP contribution in [0, 0.1) is 0 Å². The number of carbonyl (C=O) groups excluding carboxylic acids is 3. The summed E-state index contributed by atoms with van der Waals surface area (Å²) in [4.78, 5) is 39.9. The molecule has 3 aromatic carbocycles. The zero-order valence-electron chi connectivity index (χ0n) is 22.8. The van der Waals surface area contributed by atoms with Crippen molar-refractivity contribution in [2.75, 3.05) is 6.54 Å². The number of hydrogen-bond donors (Lipinski definition) is 4. The van der Waals surface area contributed by atoms with Gasteiger partial charge in [0.1, 0.15) is 6.04 Å². The first-order chi connectivity index (χ1) is 18.7. The van der Waals surface area contributed by atoms with Crippen molar-refractivity contribution in [2.24, 2.45) is 5.73 Å². The lowest BCUT2D eigenvalue weighted by Gasteiger charge is -2.27. The third-order valence-corrected chi connectivity index (χ3v) is 6.84. The first-order valence-electron chi connectivity index (χ1n) is 13.3. The summed E-state index contributed by atoms with van der Waals surface area (Å²) in [6.45, 7) is 6.99. The summed E-state index contributed by atoms with van der Waals surface area (Å²) < 4.78 is 0.